The summed E-state index contributed by atoms with van der Waals surface area (Å²) >= 11 is 1.38. The number of sulfonamides is 1. The van der Waals surface area contributed by atoms with Crippen molar-refractivity contribution in [3.63, 3.8) is 0 Å². The molecule has 0 spiro atoms. The Morgan fingerprint density at radius 3 is 2.48 bits per heavy atom. The van der Waals surface area contributed by atoms with Crippen LogP contribution in [0.25, 0.3) is 0 Å². The summed E-state index contributed by atoms with van der Waals surface area (Å²) in [6.07, 6.45) is 2.57. The molecule has 1 fully saturated rings. The van der Waals surface area contributed by atoms with E-state index in [1.807, 2.05) is 6.26 Å². The Labute approximate surface area is 184 Å². The third-order valence-electron chi connectivity index (χ3n) is 5.53. The minimum atomic E-state index is -3.64. The first kappa shape index (κ1) is 21.5. The Morgan fingerprint density at radius 2 is 1.77 bits per heavy atom. The number of anilines is 1. The van der Waals surface area contributed by atoms with Gasteiger partial charge in [0.15, 0.2) is 0 Å². The van der Waals surface area contributed by atoms with E-state index < -0.39 is 27.8 Å². The summed E-state index contributed by atoms with van der Waals surface area (Å²) in [5.74, 6) is -1.70. The van der Waals surface area contributed by atoms with Crippen molar-refractivity contribution < 1.29 is 22.8 Å². The second-order valence-electron chi connectivity index (χ2n) is 7.33. The van der Waals surface area contributed by atoms with E-state index in [-0.39, 0.29) is 40.7 Å². The second kappa shape index (κ2) is 8.45. The smallest absolute Gasteiger partial charge is 0.261 e. The highest BCUT2D eigenvalue weighted by Gasteiger charge is 2.34. The number of thioether (sulfide) groups is 1. The van der Waals surface area contributed by atoms with Crippen molar-refractivity contribution in [3.05, 3.63) is 53.6 Å². The quantitative estimate of drug-likeness (QED) is 0.524. The number of carbonyl (C=O) groups is 3. The van der Waals surface area contributed by atoms with Crippen LogP contribution in [0.4, 0.5) is 5.69 Å². The maximum Gasteiger partial charge on any atom is 0.261 e. The zero-order valence-corrected chi connectivity index (χ0v) is 18.4. The highest BCUT2D eigenvalue weighted by atomic mass is 32.2. The number of piperidine rings is 1. The maximum atomic E-state index is 13.1. The molecule has 10 heteroatoms. The molecule has 0 unspecified atom stereocenters. The molecule has 4 rings (SSSR count). The molecule has 3 amide bonds. The van der Waals surface area contributed by atoms with E-state index in [2.05, 4.69) is 10.6 Å². The van der Waals surface area contributed by atoms with Crippen molar-refractivity contribution in [1.29, 1.82) is 0 Å². The van der Waals surface area contributed by atoms with E-state index in [0.29, 0.717) is 17.7 Å². The molecule has 1 saturated heterocycles. The first-order valence-electron chi connectivity index (χ1n) is 9.75. The Balaban J connectivity index is 1.45. The number of carbonyl (C=O) groups excluding carboxylic acids is 3. The van der Waals surface area contributed by atoms with Crippen LogP contribution in [0.2, 0.25) is 0 Å². The van der Waals surface area contributed by atoms with Crippen LogP contribution < -0.4 is 10.6 Å². The normalized spacial score (nSPS) is 17.3. The minimum absolute atomic E-state index is 0.162. The van der Waals surface area contributed by atoms with Gasteiger partial charge in [-0.1, -0.05) is 18.2 Å². The van der Waals surface area contributed by atoms with Crippen LogP contribution in [0.1, 0.15) is 33.6 Å². The lowest BCUT2D eigenvalue weighted by molar-refractivity contribution is -0.120. The molecule has 162 valence electrons. The zero-order valence-electron chi connectivity index (χ0n) is 16.8. The van der Waals surface area contributed by atoms with E-state index in [0.717, 1.165) is 0 Å². The molecule has 0 aromatic heterocycles. The molecule has 2 aliphatic rings. The third-order valence-corrected chi connectivity index (χ3v) is 8.41. The van der Waals surface area contributed by atoms with Crippen molar-refractivity contribution in [1.82, 2.24) is 9.62 Å². The predicted octanol–water partition coefficient (Wildman–Crippen LogP) is 2.33. The Bertz CT molecular complexity index is 1170. The number of hydrogen-bond donors (Lipinski definition) is 2. The van der Waals surface area contributed by atoms with Crippen molar-refractivity contribution in [3.8, 4) is 0 Å². The van der Waals surface area contributed by atoms with Gasteiger partial charge in [0, 0.05) is 23.9 Å². The SMILES string of the molecule is CSc1ccccc1S(=O)(=O)N1CCC(C(=O)Nc2cccc3c2C(=O)NC3=O)CC1. The molecule has 31 heavy (non-hydrogen) atoms. The lowest BCUT2D eigenvalue weighted by atomic mass is 9.96. The Morgan fingerprint density at radius 1 is 1.06 bits per heavy atom. The number of imide groups is 1. The summed E-state index contributed by atoms with van der Waals surface area (Å²) in [6, 6.07) is 11.6. The zero-order chi connectivity index (χ0) is 22.2. The second-order valence-corrected chi connectivity index (χ2v) is 10.1. The summed E-state index contributed by atoms with van der Waals surface area (Å²) in [4.78, 5) is 37.6. The molecule has 2 aromatic rings. The van der Waals surface area contributed by atoms with Crippen LogP contribution in [-0.4, -0.2) is 49.8 Å². The summed E-state index contributed by atoms with van der Waals surface area (Å²) in [5.41, 5.74) is 0.681. The van der Waals surface area contributed by atoms with E-state index >= 15 is 0 Å². The largest absolute Gasteiger partial charge is 0.325 e. The van der Waals surface area contributed by atoms with E-state index in [1.54, 1.807) is 36.4 Å². The molecular formula is C21H21N3O5S2. The number of nitrogens with one attached hydrogen (secondary N) is 2. The highest BCUT2D eigenvalue weighted by molar-refractivity contribution is 7.99. The lowest BCUT2D eigenvalue weighted by Crippen LogP contribution is -2.41. The van der Waals surface area contributed by atoms with Crippen LogP contribution in [0, 0.1) is 5.92 Å². The standard InChI is InChI=1S/C21H21N3O5S2/c1-30-16-7-2-3-8-17(16)31(28,29)24-11-9-13(10-12-24)19(25)22-15-6-4-5-14-18(15)21(27)23-20(14)26/h2-8,13H,9-12H2,1H3,(H,22,25)(H,23,26,27). The van der Waals surface area contributed by atoms with E-state index in [4.69, 9.17) is 0 Å². The number of nitrogens with zero attached hydrogens (tertiary/aromatic N) is 1. The van der Waals surface area contributed by atoms with E-state index in [1.165, 1.54) is 22.1 Å². The lowest BCUT2D eigenvalue weighted by Gasteiger charge is -2.31. The van der Waals surface area contributed by atoms with Gasteiger partial charge in [0.2, 0.25) is 15.9 Å². The molecule has 2 aromatic carbocycles. The van der Waals surface area contributed by atoms with Crippen LogP contribution in [0.3, 0.4) is 0 Å². The molecule has 0 saturated carbocycles. The Hall–Kier alpha value is -2.69. The number of amides is 3. The first-order valence-corrected chi connectivity index (χ1v) is 12.4. The van der Waals surface area contributed by atoms with Gasteiger partial charge in [0.25, 0.3) is 11.8 Å². The topological polar surface area (TPSA) is 113 Å². The first-order chi connectivity index (χ1) is 14.8. The van der Waals surface area contributed by atoms with Gasteiger partial charge < -0.3 is 5.32 Å². The molecule has 0 bridgehead atoms. The molecule has 0 radical (unpaired) electrons. The fourth-order valence-electron chi connectivity index (χ4n) is 3.89. The Kier molecular flexibility index (Phi) is 5.87. The predicted molar refractivity (Wildman–Crippen MR) is 117 cm³/mol. The van der Waals surface area contributed by atoms with Gasteiger partial charge in [-0.3, -0.25) is 19.7 Å². The third kappa shape index (κ3) is 3.98. The van der Waals surface area contributed by atoms with Gasteiger partial charge in [0.05, 0.1) is 21.7 Å². The van der Waals surface area contributed by atoms with Gasteiger partial charge >= 0.3 is 0 Å². The maximum absolute atomic E-state index is 13.1. The number of rotatable bonds is 5. The van der Waals surface area contributed by atoms with Crippen molar-refractivity contribution in [2.75, 3.05) is 24.7 Å². The van der Waals surface area contributed by atoms with Crippen molar-refractivity contribution >= 4 is 45.2 Å². The van der Waals surface area contributed by atoms with Crippen LogP contribution >= 0.6 is 11.8 Å². The molecule has 0 aliphatic carbocycles. The number of benzene rings is 2. The highest BCUT2D eigenvalue weighted by Crippen LogP contribution is 2.31. The van der Waals surface area contributed by atoms with E-state index in [9.17, 15) is 22.8 Å². The molecule has 2 heterocycles. The van der Waals surface area contributed by atoms with Crippen molar-refractivity contribution in [2.24, 2.45) is 5.92 Å². The van der Waals surface area contributed by atoms with Crippen LogP contribution in [0.15, 0.2) is 52.3 Å². The summed E-state index contributed by atoms with van der Waals surface area (Å²) < 4.78 is 27.5. The molecular weight excluding hydrogens is 438 g/mol. The van der Waals surface area contributed by atoms with Crippen LogP contribution in [0.5, 0.6) is 0 Å². The van der Waals surface area contributed by atoms with Gasteiger partial charge in [-0.2, -0.15) is 4.31 Å². The average molecular weight is 460 g/mol. The average Bonchev–Trinajstić information content (AvgIpc) is 3.08. The minimum Gasteiger partial charge on any atom is -0.325 e. The van der Waals surface area contributed by atoms with Crippen molar-refractivity contribution in [2.45, 2.75) is 22.6 Å². The van der Waals surface area contributed by atoms with Gasteiger partial charge in [-0.05, 0) is 43.4 Å². The fraction of sp³-hybridized carbons (Fsp3) is 0.286. The van der Waals surface area contributed by atoms with Gasteiger partial charge in [-0.25, -0.2) is 8.42 Å². The van der Waals surface area contributed by atoms with Crippen LogP contribution in [-0.2, 0) is 14.8 Å². The summed E-state index contributed by atoms with van der Waals surface area (Å²) in [7, 11) is -3.64. The molecule has 2 N–H and O–H groups in total. The monoisotopic (exact) mass is 459 g/mol. The van der Waals surface area contributed by atoms with Gasteiger partial charge in [0.1, 0.15) is 0 Å². The number of fused-ring (bicyclic) bond motifs is 1. The molecule has 0 atom stereocenters. The summed E-state index contributed by atoms with van der Waals surface area (Å²) in [5, 5.41) is 4.96. The molecule has 2 aliphatic heterocycles. The fourth-order valence-corrected chi connectivity index (χ4v) is 6.48. The molecule has 8 nitrogen and oxygen atoms in total. The number of hydrogen-bond acceptors (Lipinski definition) is 6. The van der Waals surface area contributed by atoms with Gasteiger partial charge in [-0.15, -0.1) is 11.8 Å². The summed E-state index contributed by atoms with van der Waals surface area (Å²) in [6.45, 7) is 0.462.